The number of piperidine rings is 1. The molecule has 1 aliphatic heterocycles. The standard InChI is InChI=1S/C23H22Cl2F3N5O3/c24-14-6-9-17(18(25)11-14)20(34)30-12-16-3-1-2-10-33(16)22(36)31-15-7-4-13(5-8-15)19(29)32-21(35)23(26,27)28/h4-9,11,16H,1-3,10,12H2,(H,30,34)(H,31,36)(H2,29,32,35). The SMILES string of the molecule is NC(=NC(=O)C(F)(F)F)c1ccc(NC(=O)N2CCCCC2CNC(=O)c2ccc(Cl)cc2Cl)cc1. The molecule has 36 heavy (non-hydrogen) atoms. The highest BCUT2D eigenvalue weighted by Crippen LogP contribution is 2.22. The van der Waals surface area contributed by atoms with Gasteiger partial charge in [-0.25, -0.2) is 4.79 Å². The van der Waals surface area contributed by atoms with Crippen LogP contribution < -0.4 is 16.4 Å². The zero-order chi connectivity index (χ0) is 26.5. The van der Waals surface area contributed by atoms with Crippen LogP contribution in [0.25, 0.3) is 0 Å². The van der Waals surface area contributed by atoms with E-state index >= 15 is 0 Å². The molecule has 1 heterocycles. The summed E-state index contributed by atoms with van der Waals surface area (Å²) in [7, 11) is 0. The van der Waals surface area contributed by atoms with Crippen molar-refractivity contribution >= 4 is 52.6 Å². The second-order valence-corrected chi connectivity index (χ2v) is 8.83. The maximum Gasteiger partial charge on any atom is 0.473 e. The molecule has 0 aliphatic carbocycles. The van der Waals surface area contributed by atoms with E-state index in [1.165, 1.54) is 36.4 Å². The minimum absolute atomic E-state index is 0.0880. The minimum Gasteiger partial charge on any atom is -0.383 e. The fourth-order valence-electron chi connectivity index (χ4n) is 3.62. The van der Waals surface area contributed by atoms with Gasteiger partial charge >= 0.3 is 18.1 Å². The number of anilines is 1. The lowest BCUT2D eigenvalue weighted by Gasteiger charge is -2.35. The molecule has 1 atom stereocenters. The van der Waals surface area contributed by atoms with Crippen LogP contribution in [0.3, 0.4) is 0 Å². The van der Waals surface area contributed by atoms with Crippen molar-refractivity contribution in [3.8, 4) is 0 Å². The first-order valence-corrected chi connectivity index (χ1v) is 11.6. The van der Waals surface area contributed by atoms with Crippen LogP contribution in [0.5, 0.6) is 0 Å². The van der Waals surface area contributed by atoms with E-state index in [1.807, 2.05) is 0 Å². The third-order valence-electron chi connectivity index (χ3n) is 5.46. The number of nitrogens with one attached hydrogen (secondary N) is 2. The third-order valence-corrected chi connectivity index (χ3v) is 6.01. The van der Waals surface area contributed by atoms with E-state index in [0.29, 0.717) is 23.7 Å². The van der Waals surface area contributed by atoms with E-state index in [-0.39, 0.29) is 34.6 Å². The van der Waals surface area contributed by atoms with Crippen LogP contribution in [0.1, 0.15) is 35.2 Å². The molecule has 0 bridgehead atoms. The van der Waals surface area contributed by atoms with Crippen LogP contribution in [0, 0.1) is 0 Å². The first kappa shape index (κ1) is 27.3. The number of nitrogens with zero attached hydrogens (tertiary/aromatic N) is 2. The number of benzene rings is 2. The summed E-state index contributed by atoms with van der Waals surface area (Å²) < 4.78 is 37.1. The van der Waals surface area contributed by atoms with E-state index < -0.39 is 24.0 Å². The van der Waals surface area contributed by atoms with E-state index in [2.05, 4.69) is 15.6 Å². The summed E-state index contributed by atoms with van der Waals surface area (Å²) >= 11 is 12.0. The molecular formula is C23H22Cl2F3N5O3. The van der Waals surface area contributed by atoms with Crippen LogP contribution in [-0.2, 0) is 4.79 Å². The number of aliphatic imine (C=N–C) groups is 1. The highest BCUT2D eigenvalue weighted by molar-refractivity contribution is 6.36. The van der Waals surface area contributed by atoms with E-state index in [1.54, 1.807) is 11.0 Å². The fourth-order valence-corrected chi connectivity index (χ4v) is 4.11. The predicted octanol–water partition coefficient (Wildman–Crippen LogP) is 4.60. The average molecular weight is 544 g/mol. The number of amidine groups is 1. The van der Waals surface area contributed by atoms with Crippen LogP contribution in [0.2, 0.25) is 10.0 Å². The summed E-state index contributed by atoms with van der Waals surface area (Å²) in [4.78, 5) is 40.9. The van der Waals surface area contributed by atoms with Crippen molar-refractivity contribution in [2.45, 2.75) is 31.5 Å². The Morgan fingerprint density at radius 2 is 1.78 bits per heavy atom. The monoisotopic (exact) mass is 543 g/mol. The van der Waals surface area contributed by atoms with Crippen LogP contribution in [-0.4, -0.2) is 53.9 Å². The Balaban J connectivity index is 1.61. The van der Waals surface area contributed by atoms with E-state index in [4.69, 9.17) is 28.9 Å². The summed E-state index contributed by atoms with van der Waals surface area (Å²) in [5.74, 6) is -3.29. The number of nitrogens with two attached hydrogens (primary N) is 1. The minimum atomic E-state index is -5.12. The first-order chi connectivity index (χ1) is 17.0. The molecule has 0 spiro atoms. The number of hydrogen-bond donors (Lipinski definition) is 3. The summed E-state index contributed by atoms with van der Waals surface area (Å²) in [6, 6.07) is 9.41. The van der Waals surface area contributed by atoms with Crippen molar-refractivity contribution in [2.75, 3.05) is 18.4 Å². The molecule has 2 aromatic rings. The Bertz CT molecular complexity index is 1170. The molecule has 13 heteroatoms. The van der Waals surface area contributed by atoms with Gasteiger partial charge in [0.15, 0.2) is 0 Å². The number of alkyl halides is 3. The van der Waals surface area contributed by atoms with E-state index in [9.17, 15) is 27.6 Å². The lowest BCUT2D eigenvalue weighted by atomic mass is 10.0. The lowest BCUT2D eigenvalue weighted by Crippen LogP contribution is -2.50. The van der Waals surface area contributed by atoms with Crippen molar-refractivity contribution in [1.82, 2.24) is 10.2 Å². The molecule has 4 N–H and O–H groups in total. The number of hydrogen-bond acceptors (Lipinski definition) is 3. The first-order valence-electron chi connectivity index (χ1n) is 10.8. The Hall–Kier alpha value is -3.31. The van der Waals surface area contributed by atoms with Crippen molar-refractivity contribution in [1.29, 1.82) is 0 Å². The van der Waals surface area contributed by atoms with Crippen molar-refractivity contribution in [3.05, 3.63) is 63.6 Å². The van der Waals surface area contributed by atoms with Gasteiger partial charge in [0.2, 0.25) is 0 Å². The maximum absolute atomic E-state index is 12.9. The van der Waals surface area contributed by atoms with Gasteiger partial charge in [-0.1, -0.05) is 23.2 Å². The topological polar surface area (TPSA) is 117 Å². The molecule has 1 unspecified atom stereocenters. The molecular weight excluding hydrogens is 522 g/mol. The number of carbonyl (C=O) groups excluding carboxylic acids is 3. The van der Waals surface area contributed by atoms with Gasteiger partial charge in [0.05, 0.1) is 16.6 Å². The molecule has 0 saturated carbocycles. The van der Waals surface area contributed by atoms with Crippen LogP contribution in [0.4, 0.5) is 23.7 Å². The molecule has 0 aromatic heterocycles. The van der Waals surface area contributed by atoms with Gasteiger partial charge in [0, 0.05) is 29.4 Å². The molecule has 8 nitrogen and oxygen atoms in total. The number of amides is 4. The predicted molar refractivity (Wildman–Crippen MR) is 130 cm³/mol. The largest absolute Gasteiger partial charge is 0.473 e. The fraction of sp³-hybridized carbons (Fsp3) is 0.304. The molecule has 2 aromatic carbocycles. The smallest absolute Gasteiger partial charge is 0.383 e. The van der Waals surface area contributed by atoms with Crippen LogP contribution >= 0.6 is 23.2 Å². The average Bonchev–Trinajstić information content (AvgIpc) is 2.82. The maximum atomic E-state index is 12.9. The van der Waals surface area contributed by atoms with E-state index in [0.717, 1.165) is 12.8 Å². The zero-order valence-corrected chi connectivity index (χ0v) is 20.3. The van der Waals surface area contributed by atoms with Crippen LogP contribution in [0.15, 0.2) is 47.5 Å². The Kier molecular flexibility index (Phi) is 8.80. The summed E-state index contributed by atoms with van der Waals surface area (Å²) in [5, 5.41) is 6.14. The van der Waals surface area contributed by atoms with Crippen molar-refractivity contribution in [2.24, 2.45) is 10.7 Å². The third kappa shape index (κ3) is 7.11. The molecule has 1 aliphatic rings. The van der Waals surface area contributed by atoms with Crippen molar-refractivity contribution in [3.63, 3.8) is 0 Å². The Labute approximate surface area is 214 Å². The number of rotatable bonds is 5. The lowest BCUT2D eigenvalue weighted by molar-refractivity contribution is -0.169. The second kappa shape index (κ2) is 11.6. The molecule has 0 radical (unpaired) electrons. The summed E-state index contributed by atoms with van der Waals surface area (Å²) in [5.41, 5.74) is 6.20. The molecule has 1 fully saturated rings. The highest BCUT2D eigenvalue weighted by Gasteiger charge is 2.38. The number of urea groups is 1. The number of carbonyl (C=O) groups is 3. The van der Waals surface area contributed by atoms with Gasteiger partial charge in [0.1, 0.15) is 5.84 Å². The summed E-state index contributed by atoms with van der Waals surface area (Å²) in [6.45, 7) is 0.690. The van der Waals surface area contributed by atoms with Gasteiger partial charge in [-0.3, -0.25) is 9.59 Å². The van der Waals surface area contributed by atoms with Gasteiger partial charge in [0.25, 0.3) is 5.91 Å². The molecule has 192 valence electrons. The summed E-state index contributed by atoms with van der Waals surface area (Å²) in [6.07, 6.45) is -2.76. The Morgan fingerprint density at radius 3 is 2.42 bits per heavy atom. The van der Waals surface area contributed by atoms with Crippen molar-refractivity contribution < 1.29 is 27.6 Å². The van der Waals surface area contributed by atoms with Gasteiger partial charge in [-0.2, -0.15) is 18.2 Å². The van der Waals surface area contributed by atoms with Gasteiger partial charge in [-0.15, -0.1) is 0 Å². The molecule has 3 rings (SSSR count). The zero-order valence-electron chi connectivity index (χ0n) is 18.7. The quantitative estimate of drug-likeness (QED) is 0.377. The number of likely N-dealkylation sites (tertiary alicyclic amines) is 1. The highest BCUT2D eigenvalue weighted by atomic mass is 35.5. The normalized spacial score (nSPS) is 16.4. The second-order valence-electron chi connectivity index (χ2n) is 7.98. The molecule has 1 saturated heterocycles. The van der Waals surface area contributed by atoms with Gasteiger partial charge in [-0.05, 0) is 61.7 Å². The molecule has 4 amide bonds. The number of halogens is 5. The Morgan fingerprint density at radius 1 is 1.08 bits per heavy atom. The van der Waals surface area contributed by atoms with Gasteiger partial charge < -0.3 is 21.3 Å².